The zero-order valence-corrected chi connectivity index (χ0v) is 10.1. The summed E-state index contributed by atoms with van der Waals surface area (Å²) in [6, 6.07) is 1.15. The summed E-state index contributed by atoms with van der Waals surface area (Å²) in [5.74, 6) is 0. The lowest BCUT2D eigenvalue weighted by Gasteiger charge is -2.32. The summed E-state index contributed by atoms with van der Waals surface area (Å²) in [5.41, 5.74) is 6.59. The molecule has 2 unspecified atom stereocenters. The molecular formula is C13H26N2. The Morgan fingerprint density at radius 2 is 1.93 bits per heavy atom. The summed E-state index contributed by atoms with van der Waals surface area (Å²) in [6.07, 6.45) is 10.8. The Balaban J connectivity index is 1.72. The number of nitrogens with one attached hydrogen (secondary N) is 1. The predicted octanol–water partition coefficient (Wildman–Crippen LogP) is 2.43. The molecule has 2 nitrogen and oxygen atoms in total. The molecule has 2 heteroatoms. The van der Waals surface area contributed by atoms with Crippen molar-refractivity contribution in [3.63, 3.8) is 0 Å². The summed E-state index contributed by atoms with van der Waals surface area (Å²) in [6.45, 7) is 3.65. The highest BCUT2D eigenvalue weighted by Gasteiger charge is 2.29. The molecule has 0 amide bonds. The van der Waals surface area contributed by atoms with E-state index in [1.807, 2.05) is 0 Å². The highest BCUT2D eigenvalue weighted by molar-refractivity contribution is 4.86. The van der Waals surface area contributed by atoms with E-state index in [1.54, 1.807) is 0 Å². The van der Waals surface area contributed by atoms with Crippen molar-refractivity contribution in [3.8, 4) is 0 Å². The standard InChI is InChI=1S/C13H26N2/c1-13(7-2-3-8-13)10-15-12-6-4-5-11(14)9-12/h11-12,15H,2-10,14H2,1H3. The van der Waals surface area contributed by atoms with Crippen LogP contribution < -0.4 is 11.1 Å². The smallest absolute Gasteiger partial charge is 0.00820 e. The Morgan fingerprint density at radius 1 is 1.20 bits per heavy atom. The van der Waals surface area contributed by atoms with Crippen LogP contribution in [0, 0.1) is 5.41 Å². The van der Waals surface area contributed by atoms with Crippen molar-refractivity contribution in [2.45, 2.75) is 70.4 Å². The topological polar surface area (TPSA) is 38.0 Å². The van der Waals surface area contributed by atoms with Crippen molar-refractivity contribution in [2.75, 3.05) is 6.54 Å². The minimum absolute atomic E-state index is 0.452. The number of hydrogen-bond acceptors (Lipinski definition) is 2. The van der Waals surface area contributed by atoms with Crippen LogP contribution in [0.3, 0.4) is 0 Å². The van der Waals surface area contributed by atoms with Crippen LogP contribution >= 0.6 is 0 Å². The molecule has 0 bridgehead atoms. The van der Waals surface area contributed by atoms with E-state index in [1.165, 1.54) is 57.9 Å². The molecule has 0 aliphatic heterocycles. The second-order valence-corrected chi connectivity index (χ2v) is 6.02. The van der Waals surface area contributed by atoms with Gasteiger partial charge >= 0.3 is 0 Å². The van der Waals surface area contributed by atoms with Gasteiger partial charge in [-0.05, 0) is 37.5 Å². The third kappa shape index (κ3) is 3.18. The molecule has 2 saturated carbocycles. The third-order valence-corrected chi connectivity index (χ3v) is 4.34. The maximum Gasteiger partial charge on any atom is 0.00820 e. The fourth-order valence-electron chi connectivity index (χ4n) is 3.21. The van der Waals surface area contributed by atoms with Crippen molar-refractivity contribution in [2.24, 2.45) is 11.1 Å². The Labute approximate surface area is 94.0 Å². The van der Waals surface area contributed by atoms with Gasteiger partial charge in [-0.3, -0.25) is 0 Å². The highest BCUT2D eigenvalue weighted by atomic mass is 14.9. The molecule has 2 fully saturated rings. The van der Waals surface area contributed by atoms with Crippen LogP contribution in [0.4, 0.5) is 0 Å². The Morgan fingerprint density at radius 3 is 2.60 bits per heavy atom. The maximum absolute atomic E-state index is 6.00. The molecule has 2 aliphatic carbocycles. The van der Waals surface area contributed by atoms with Gasteiger partial charge in [-0.15, -0.1) is 0 Å². The molecule has 0 heterocycles. The van der Waals surface area contributed by atoms with Gasteiger partial charge in [-0.25, -0.2) is 0 Å². The molecule has 0 aromatic carbocycles. The van der Waals surface area contributed by atoms with Crippen molar-refractivity contribution >= 4 is 0 Å². The number of nitrogens with two attached hydrogens (primary N) is 1. The van der Waals surface area contributed by atoms with E-state index < -0.39 is 0 Å². The molecule has 0 saturated heterocycles. The molecule has 0 aromatic rings. The second kappa shape index (κ2) is 4.84. The molecule has 0 radical (unpaired) electrons. The first-order valence-corrected chi connectivity index (χ1v) is 6.67. The highest BCUT2D eigenvalue weighted by Crippen LogP contribution is 2.37. The normalized spacial score (nSPS) is 35.6. The average molecular weight is 210 g/mol. The van der Waals surface area contributed by atoms with Gasteiger partial charge in [0.2, 0.25) is 0 Å². The number of rotatable bonds is 3. The molecule has 2 aliphatic rings. The molecule has 2 atom stereocenters. The summed E-state index contributed by atoms with van der Waals surface area (Å²) >= 11 is 0. The molecule has 0 spiro atoms. The average Bonchev–Trinajstić information content (AvgIpc) is 2.63. The first kappa shape index (κ1) is 11.4. The Kier molecular flexibility index (Phi) is 3.68. The second-order valence-electron chi connectivity index (χ2n) is 6.02. The van der Waals surface area contributed by atoms with Crippen LogP contribution in [0.1, 0.15) is 58.3 Å². The minimum atomic E-state index is 0.452. The summed E-state index contributed by atoms with van der Waals surface area (Å²) in [7, 11) is 0. The molecule has 2 rings (SSSR count). The van der Waals surface area contributed by atoms with Crippen molar-refractivity contribution < 1.29 is 0 Å². The van der Waals surface area contributed by atoms with Gasteiger partial charge in [0.1, 0.15) is 0 Å². The fraction of sp³-hybridized carbons (Fsp3) is 1.00. The molecular weight excluding hydrogens is 184 g/mol. The Hall–Kier alpha value is -0.0800. The Bertz CT molecular complexity index is 197. The number of hydrogen-bond donors (Lipinski definition) is 2. The van der Waals surface area contributed by atoms with Crippen LogP contribution in [-0.2, 0) is 0 Å². The molecule has 0 aromatic heterocycles. The first-order valence-electron chi connectivity index (χ1n) is 6.67. The summed E-state index contributed by atoms with van der Waals surface area (Å²) < 4.78 is 0. The van der Waals surface area contributed by atoms with Gasteiger partial charge in [0.25, 0.3) is 0 Å². The lowest BCUT2D eigenvalue weighted by molar-refractivity contribution is 0.263. The van der Waals surface area contributed by atoms with Crippen LogP contribution in [0.2, 0.25) is 0 Å². The van der Waals surface area contributed by atoms with Gasteiger partial charge in [0.15, 0.2) is 0 Å². The lowest BCUT2D eigenvalue weighted by atomic mass is 9.86. The summed E-state index contributed by atoms with van der Waals surface area (Å²) in [5, 5.41) is 3.75. The monoisotopic (exact) mass is 210 g/mol. The minimum Gasteiger partial charge on any atom is -0.328 e. The largest absolute Gasteiger partial charge is 0.328 e. The van der Waals surface area contributed by atoms with Crippen LogP contribution in [0.15, 0.2) is 0 Å². The van der Waals surface area contributed by atoms with E-state index in [9.17, 15) is 0 Å². The van der Waals surface area contributed by atoms with E-state index in [2.05, 4.69) is 12.2 Å². The van der Waals surface area contributed by atoms with E-state index in [4.69, 9.17) is 5.73 Å². The molecule has 88 valence electrons. The van der Waals surface area contributed by atoms with E-state index in [0.29, 0.717) is 17.5 Å². The molecule has 15 heavy (non-hydrogen) atoms. The lowest BCUT2D eigenvalue weighted by Crippen LogP contribution is -2.43. The SMILES string of the molecule is CC1(CNC2CCCC(N)C2)CCCC1. The van der Waals surface area contributed by atoms with E-state index in [0.717, 1.165) is 0 Å². The third-order valence-electron chi connectivity index (χ3n) is 4.34. The van der Waals surface area contributed by atoms with E-state index >= 15 is 0 Å². The van der Waals surface area contributed by atoms with Crippen LogP contribution in [0.25, 0.3) is 0 Å². The quantitative estimate of drug-likeness (QED) is 0.751. The summed E-state index contributed by atoms with van der Waals surface area (Å²) in [4.78, 5) is 0. The van der Waals surface area contributed by atoms with Crippen molar-refractivity contribution in [3.05, 3.63) is 0 Å². The van der Waals surface area contributed by atoms with Gasteiger partial charge in [0.05, 0.1) is 0 Å². The predicted molar refractivity (Wildman–Crippen MR) is 64.8 cm³/mol. The van der Waals surface area contributed by atoms with Gasteiger partial charge in [0, 0.05) is 18.6 Å². The van der Waals surface area contributed by atoms with Gasteiger partial charge < -0.3 is 11.1 Å². The zero-order valence-electron chi connectivity index (χ0n) is 10.1. The van der Waals surface area contributed by atoms with E-state index in [-0.39, 0.29) is 0 Å². The van der Waals surface area contributed by atoms with Crippen molar-refractivity contribution in [1.82, 2.24) is 5.32 Å². The fourth-order valence-corrected chi connectivity index (χ4v) is 3.21. The van der Waals surface area contributed by atoms with Crippen LogP contribution in [-0.4, -0.2) is 18.6 Å². The van der Waals surface area contributed by atoms with Crippen molar-refractivity contribution in [1.29, 1.82) is 0 Å². The maximum atomic E-state index is 6.00. The van der Waals surface area contributed by atoms with Gasteiger partial charge in [-0.1, -0.05) is 26.2 Å². The molecule has 3 N–H and O–H groups in total. The van der Waals surface area contributed by atoms with Crippen LogP contribution in [0.5, 0.6) is 0 Å². The zero-order chi connectivity index (χ0) is 10.7. The first-order chi connectivity index (χ1) is 7.18. The van der Waals surface area contributed by atoms with Gasteiger partial charge in [-0.2, -0.15) is 0 Å².